The van der Waals surface area contributed by atoms with Crippen molar-refractivity contribution in [2.24, 2.45) is 0 Å². The highest BCUT2D eigenvalue weighted by Gasteiger charge is 2.32. The molecule has 9 heteroatoms. The Balaban J connectivity index is 1.55. The van der Waals surface area contributed by atoms with Crippen LogP contribution < -0.4 is 10.6 Å². The molecule has 0 saturated carbocycles. The third-order valence-corrected chi connectivity index (χ3v) is 4.60. The van der Waals surface area contributed by atoms with Gasteiger partial charge in [-0.05, 0) is 60.0 Å². The predicted molar refractivity (Wildman–Crippen MR) is 116 cm³/mol. The van der Waals surface area contributed by atoms with Crippen molar-refractivity contribution in [2.45, 2.75) is 19.6 Å². The van der Waals surface area contributed by atoms with Crippen LogP contribution in [0.25, 0.3) is 11.1 Å². The summed E-state index contributed by atoms with van der Waals surface area (Å²) in [6, 6.07) is 12.3. The van der Waals surface area contributed by atoms with Crippen LogP contribution in [0, 0.1) is 6.92 Å². The van der Waals surface area contributed by atoms with Crippen molar-refractivity contribution in [3.8, 4) is 11.1 Å². The molecule has 4 rings (SSSR count). The van der Waals surface area contributed by atoms with Gasteiger partial charge in [0.1, 0.15) is 5.69 Å². The van der Waals surface area contributed by atoms with Gasteiger partial charge in [0.05, 0.1) is 5.69 Å². The lowest BCUT2D eigenvalue weighted by Crippen LogP contribution is -2.10. The van der Waals surface area contributed by atoms with Crippen molar-refractivity contribution >= 4 is 17.3 Å². The summed E-state index contributed by atoms with van der Waals surface area (Å²) >= 11 is 0. The van der Waals surface area contributed by atoms with Gasteiger partial charge in [0.25, 0.3) is 0 Å². The van der Waals surface area contributed by atoms with Crippen molar-refractivity contribution in [3.63, 3.8) is 0 Å². The van der Waals surface area contributed by atoms with E-state index in [0.717, 1.165) is 40.2 Å². The number of rotatable bonds is 6. The number of nitrogens with zero attached hydrogens (tertiary/aromatic N) is 4. The molecule has 0 bridgehead atoms. The van der Waals surface area contributed by atoms with Gasteiger partial charge in [0.15, 0.2) is 0 Å². The maximum absolute atomic E-state index is 12.9. The Kier molecular flexibility index (Phi) is 5.98. The topological polar surface area (TPSA) is 75.6 Å². The van der Waals surface area contributed by atoms with Crippen LogP contribution in [-0.4, -0.2) is 19.9 Å². The predicted octanol–water partition coefficient (Wildman–Crippen LogP) is 5.62. The Morgan fingerprint density at radius 3 is 2.41 bits per heavy atom. The number of aromatic nitrogens is 4. The van der Waals surface area contributed by atoms with Crippen LogP contribution in [-0.2, 0) is 12.7 Å². The van der Waals surface area contributed by atoms with Gasteiger partial charge in [0.2, 0.25) is 5.95 Å². The molecule has 2 N–H and O–H groups in total. The van der Waals surface area contributed by atoms with E-state index in [1.54, 1.807) is 24.8 Å². The molecule has 0 atom stereocenters. The van der Waals surface area contributed by atoms with E-state index in [1.165, 1.54) is 0 Å². The SMILES string of the molecule is Cc1cc(Nc2nccc(C(F)(F)F)n2)cc(-c2cncc(NCc3ccncc3)c2)c1. The molecule has 3 aromatic heterocycles. The van der Waals surface area contributed by atoms with Crippen LogP contribution >= 0.6 is 0 Å². The molecule has 0 radical (unpaired) electrons. The Morgan fingerprint density at radius 1 is 0.844 bits per heavy atom. The quantitative estimate of drug-likeness (QED) is 0.409. The van der Waals surface area contributed by atoms with E-state index in [2.05, 4.69) is 30.6 Å². The molecule has 4 aromatic rings. The average molecular weight is 436 g/mol. The highest BCUT2D eigenvalue weighted by atomic mass is 19.4. The van der Waals surface area contributed by atoms with Crippen molar-refractivity contribution in [2.75, 3.05) is 10.6 Å². The molecular weight excluding hydrogens is 417 g/mol. The molecule has 0 aliphatic rings. The summed E-state index contributed by atoms with van der Waals surface area (Å²) in [4.78, 5) is 15.8. The number of alkyl halides is 3. The smallest absolute Gasteiger partial charge is 0.380 e. The number of hydrogen-bond acceptors (Lipinski definition) is 6. The summed E-state index contributed by atoms with van der Waals surface area (Å²) in [6.07, 6.45) is 3.48. The third kappa shape index (κ3) is 5.37. The van der Waals surface area contributed by atoms with Crippen LogP contribution in [0.3, 0.4) is 0 Å². The molecule has 1 aromatic carbocycles. The first-order valence-corrected chi connectivity index (χ1v) is 9.74. The van der Waals surface area contributed by atoms with E-state index in [-0.39, 0.29) is 5.95 Å². The fraction of sp³-hybridized carbons (Fsp3) is 0.130. The van der Waals surface area contributed by atoms with Gasteiger partial charge in [-0.25, -0.2) is 9.97 Å². The lowest BCUT2D eigenvalue weighted by atomic mass is 10.0. The summed E-state index contributed by atoms with van der Waals surface area (Å²) in [5.74, 6) is -0.123. The number of hydrogen-bond donors (Lipinski definition) is 2. The fourth-order valence-corrected chi connectivity index (χ4v) is 3.13. The number of anilines is 3. The summed E-state index contributed by atoms with van der Waals surface area (Å²) in [7, 11) is 0. The molecule has 162 valence electrons. The first-order valence-electron chi connectivity index (χ1n) is 9.74. The van der Waals surface area contributed by atoms with Crippen molar-refractivity contribution in [1.29, 1.82) is 0 Å². The van der Waals surface area contributed by atoms with E-state index < -0.39 is 11.9 Å². The van der Waals surface area contributed by atoms with Gasteiger partial charge in [-0.2, -0.15) is 13.2 Å². The fourth-order valence-electron chi connectivity index (χ4n) is 3.13. The van der Waals surface area contributed by atoms with Gasteiger partial charge in [-0.15, -0.1) is 0 Å². The van der Waals surface area contributed by atoms with Crippen molar-refractivity contribution in [1.82, 2.24) is 19.9 Å². The van der Waals surface area contributed by atoms with E-state index in [1.807, 2.05) is 43.3 Å². The molecular formula is C23H19F3N6. The van der Waals surface area contributed by atoms with Gasteiger partial charge in [-0.1, -0.05) is 6.07 Å². The molecule has 0 aliphatic heterocycles. The molecule has 32 heavy (non-hydrogen) atoms. The first-order chi connectivity index (χ1) is 15.4. The minimum absolute atomic E-state index is 0.123. The highest BCUT2D eigenvalue weighted by Crippen LogP contribution is 2.30. The second-order valence-electron chi connectivity index (χ2n) is 7.15. The number of benzene rings is 1. The van der Waals surface area contributed by atoms with Gasteiger partial charge < -0.3 is 10.6 Å². The van der Waals surface area contributed by atoms with Gasteiger partial charge in [-0.3, -0.25) is 9.97 Å². The minimum atomic E-state index is -4.54. The Morgan fingerprint density at radius 2 is 1.62 bits per heavy atom. The van der Waals surface area contributed by atoms with Crippen LogP contribution in [0.4, 0.5) is 30.5 Å². The zero-order valence-corrected chi connectivity index (χ0v) is 17.1. The summed E-state index contributed by atoms with van der Waals surface area (Å²) in [6.45, 7) is 2.53. The van der Waals surface area contributed by atoms with Crippen LogP contribution in [0.1, 0.15) is 16.8 Å². The average Bonchev–Trinajstić information content (AvgIpc) is 2.78. The van der Waals surface area contributed by atoms with Crippen molar-refractivity contribution < 1.29 is 13.2 Å². The van der Waals surface area contributed by atoms with Gasteiger partial charge >= 0.3 is 6.18 Å². The molecule has 6 nitrogen and oxygen atoms in total. The Labute approximate surface area is 182 Å². The standard InChI is InChI=1S/C23H19F3N6/c1-15-8-17(10-19(9-15)31-22-29-7-4-21(32-22)23(24,25)26)18-11-20(14-28-13-18)30-12-16-2-5-27-6-3-16/h2-11,13-14,30H,12H2,1H3,(H,29,31,32). The minimum Gasteiger partial charge on any atom is -0.380 e. The molecule has 0 spiro atoms. The number of halogens is 3. The highest BCUT2D eigenvalue weighted by molar-refractivity contribution is 5.72. The molecule has 0 amide bonds. The van der Waals surface area contributed by atoms with Crippen molar-refractivity contribution in [3.05, 3.63) is 90.3 Å². The second-order valence-corrected chi connectivity index (χ2v) is 7.15. The molecule has 0 unspecified atom stereocenters. The maximum Gasteiger partial charge on any atom is 0.433 e. The number of aryl methyl sites for hydroxylation is 1. The van der Waals surface area contributed by atoms with Crippen LogP contribution in [0.5, 0.6) is 0 Å². The van der Waals surface area contributed by atoms with Crippen LogP contribution in [0.2, 0.25) is 0 Å². The number of nitrogens with one attached hydrogen (secondary N) is 2. The monoisotopic (exact) mass is 436 g/mol. The zero-order chi connectivity index (χ0) is 22.6. The third-order valence-electron chi connectivity index (χ3n) is 4.60. The van der Waals surface area contributed by atoms with E-state index in [0.29, 0.717) is 12.2 Å². The number of pyridine rings is 2. The Bertz CT molecular complexity index is 1210. The lowest BCUT2D eigenvalue weighted by molar-refractivity contribution is -0.141. The van der Waals surface area contributed by atoms with Crippen LogP contribution in [0.15, 0.2) is 73.4 Å². The van der Waals surface area contributed by atoms with E-state index in [4.69, 9.17) is 0 Å². The second kappa shape index (κ2) is 9.01. The molecule has 3 heterocycles. The maximum atomic E-state index is 12.9. The van der Waals surface area contributed by atoms with E-state index in [9.17, 15) is 13.2 Å². The lowest BCUT2D eigenvalue weighted by Gasteiger charge is -2.12. The summed E-state index contributed by atoms with van der Waals surface area (Å²) < 4.78 is 38.8. The zero-order valence-electron chi connectivity index (χ0n) is 17.1. The molecule has 0 saturated heterocycles. The first kappa shape index (κ1) is 21.2. The summed E-state index contributed by atoms with van der Waals surface area (Å²) in [5, 5.41) is 6.19. The normalized spacial score (nSPS) is 11.2. The largest absolute Gasteiger partial charge is 0.433 e. The summed E-state index contributed by atoms with van der Waals surface area (Å²) in [5.41, 5.74) is 4.16. The van der Waals surface area contributed by atoms with E-state index >= 15 is 0 Å². The molecule has 0 aliphatic carbocycles. The molecule has 0 fully saturated rings. The Hall–Kier alpha value is -4.01. The van der Waals surface area contributed by atoms with Gasteiger partial charge in [0, 0.05) is 48.8 Å².